The average molecular weight is 485 g/mol. The third-order valence-electron chi connectivity index (χ3n) is 4.84. The van der Waals surface area contributed by atoms with Gasteiger partial charge in [-0.15, -0.1) is 0 Å². The van der Waals surface area contributed by atoms with E-state index in [1.165, 1.54) is 16.7 Å². The summed E-state index contributed by atoms with van der Waals surface area (Å²) in [5.74, 6) is -0.322. The lowest BCUT2D eigenvalue weighted by Gasteiger charge is -2.18. The second kappa shape index (κ2) is 9.28. The van der Waals surface area contributed by atoms with Gasteiger partial charge in [0.15, 0.2) is 0 Å². The molecular weight excluding hydrogens is 467 g/mol. The number of anilines is 2. The number of carbonyl (C=O) groups excluding carboxylic acids is 2. The summed E-state index contributed by atoms with van der Waals surface area (Å²) in [6.07, 6.45) is 0. The first kappa shape index (κ1) is 22.3. The van der Waals surface area contributed by atoms with Crippen LogP contribution in [0.4, 0.5) is 11.4 Å². The molecule has 0 aromatic heterocycles. The zero-order chi connectivity index (χ0) is 22.8. The van der Waals surface area contributed by atoms with E-state index in [1.807, 2.05) is 12.1 Å². The highest BCUT2D eigenvalue weighted by atomic mass is 35.5. The number of hydrogen-bond donors (Lipinski definition) is 1. The first-order valence-corrected chi connectivity index (χ1v) is 11.2. The van der Waals surface area contributed by atoms with Crippen LogP contribution in [0.25, 0.3) is 0 Å². The fraction of sp³-hybridized carbons (Fsp3) is 0.0833. The van der Waals surface area contributed by atoms with E-state index in [1.54, 1.807) is 68.6 Å². The second-order valence-corrected chi connectivity index (χ2v) is 8.92. The van der Waals surface area contributed by atoms with Crippen LogP contribution in [0.3, 0.4) is 0 Å². The van der Waals surface area contributed by atoms with Gasteiger partial charge in [-0.25, -0.2) is 4.90 Å². The Hall–Kier alpha value is -2.93. The van der Waals surface area contributed by atoms with E-state index in [-0.39, 0.29) is 10.6 Å². The van der Waals surface area contributed by atoms with Crippen molar-refractivity contribution in [1.29, 1.82) is 0 Å². The molecule has 1 aliphatic heterocycles. The number of rotatable bonds is 6. The molecule has 5 nitrogen and oxygen atoms in total. The highest BCUT2D eigenvalue weighted by Gasteiger charge is 2.41. The van der Waals surface area contributed by atoms with Crippen molar-refractivity contribution >= 4 is 58.2 Å². The number of hydrogen-bond acceptors (Lipinski definition) is 5. The van der Waals surface area contributed by atoms with Gasteiger partial charge in [0, 0.05) is 14.9 Å². The number of carbonyl (C=O) groups is 2. The van der Waals surface area contributed by atoms with Crippen molar-refractivity contribution in [2.24, 2.45) is 0 Å². The molecule has 32 heavy (non-hydrogen) atoms. The molecule has 3 aromatic carbocycles. The second-order valence-electron chi connectivity index (χ2n) is 6.96. The van der Waals surface area contributed by atoms with Crippen molar-refractivity contribution in [2.75, 3.05) is 17.3 Å². The van der Waals surface area contributed by atoms with Crippen LogP contribution in [0, 0.1) is 6.92 Å². The number of methoxy groups -OCH3 is 1. The Morgan fingerprint density at radius 2 is 1.59 bits per heavy atom. The Kier molecular flexibility index (Phi) is 6.46. The SMILES string of the molecule is COc1ccccc1NC1=C(Sc2ccc(Cl)cc2)C(=O)N(c2ccc(Cl)cc2C)C1=O. The van der Waals surface area contributed by atoms with Gasteiger partial charge in [0.25, 0.3) is 11.8 Å². The summed E-state index contributed by atoms with van der Waals surface area (Å²) in [4.78, 5) is 29.2. The molecule has 1 aliphatic rings. The van der Waals surface area contributed by atoms with Gasteiger partial charge in [-0.1, -0.05) is 47.1 Å². The molecule has 8 heteroatoms. The fourth-order valence-corrected chi connectivity index (χ4v) is 4.59. The number of imide groups is 1. The molecule has 4 rings (SSSR count). The first-order chi connectivity index (χ1) is 15.4. The van der Waals surface area contributed by atoms with E-state index in [0.717, 1.165) is 4.90 Å². The molecular formula is C24H18Cl2N2O3S. The number of nitrogens with zero attached hydrogens (tertiary/aromatic N) is 1. The third kappa shape index (κ3) is 4.35. The largest absolute Gasteiger partial charge is 0.495 e. The summed E-state index contributed by atoms with van der Waals surface area (Å²) in [7, 11) is 1.54. The molecule has 0 aliphatic carbocycles. The van der Waals surface area contributed by atoms with Crippen molar-refractivity contribution in [3.05, 3.63) is 92.9 Å². The smallest absolute Gasteiger partial charge is 0.283 e. The van der Waals surface area contributed by atoms with Crippen molar-refractivity contribution in [1.82, 2.24) is 0 Å². The predicted octanol–water partition coefficient (Wildman–Crippen LogP) is 6.30. The summed E-state index contributed by atoms with van der Waals surface area (Å²) < 4.78 is 5.40. The predicted molar refractivity (Wildman–Crippen MR) is 130 cm³/mol. The number of aryl methyl sites for hydroxylation is 1. The lowest BCUT2D eigenvalue weighted by molar-refractivity contribution is -0.120. The van der Waals surface area contributed by atoms with Crippen LogP contribution < -0.4 is 15.0 Å². The van der Waals surface area contributed by atoms with E-state index in [0.29, 0.717) is 32.7 Å². The van der Waals surface area contributed by atoms with Crippen LogP contribution in [0.2, 0.25) is 10.0 Å². The average Bonchev–Trinajstić information content (AvgIpc) is 3.00. The molecule has 0 bridgehead atoms. The topological polar surface area (TPSA) is 58.6 Å². The highest BCUT2D eigenvalue weighted by Crippen LogP contribution is 2.40. The maximum atomic E-state index is 13.5. The Labute approximate surface area is 200 Å². The van der Waals surface area contributed by atoms with Crippen molar-refractivity contribution < 1.29 is 14.3 Å². The van der Waals surface area contributed by atoms with Crippen LogP contribution >= 0.6 is 35.0 Å². The Bertz CT molecular complexity index is 1240. The number of nitrogens with one attached hydrogen (secondary N) is 1. The van der Waals surface area contributed by atoms with Gasteiger partial charge in [0.2, 0.25) is 0 Å². The van der Waals surface area contributed by atoms with Gasteiger partial charge in [0.05, 0.1) is 18.5 Å². The number of ether oxygens (including phenoxy) is 1. The number of thioether (sulfide) groups is 1. The number of amides is 2. The molecule has 2 amide bonds. The van der Waals surface area contributed by atoms with E-state index in [9.17, 15) is 9.59 Å². The van der Waals surface area contributed by atoms with Crippen LogP contribution in [0.1, 0.15) is 5.56 Å². The standard InChI is InChI=1S/C24H18Cl2N2O3S/c1-14-13-16(26)9-12-19(14)28-23(29)21(27-18-5-3-4-6-20(18)31-2)22(24(28)30)32-17-10-7-15(25)8-11-17/h3-13,27H,1-2H3. The molecule has 0 atom stereocenters. The first-order valence-electron chi connectivity index (χ1n) is 9.61. The summed E-state index contributed by atoms with van der Waals surface area (Å²) in [5, 5.41) is 4.24. The van der Waals surface area contributed by atoms with E-state index >= 15 is 0 Å². The number of para-hydroxylation sites is 2. The lowest BCUT2D eigenvalue weighted by atomic mass is 10.2. The molecule has 0 spiro atoms. The monoisotopic (exact) mass is 484 g/mol. The fourth-order valence-electron chi connectivity index (χ4n) is 3.31. The Morgan fingerprint density at radius 3 is 2.28 bits per heavy atom. The van der Waals surface area contributed by atoms with Crippen molar-refractivity contribution in [3.63, 3.8) is 0 Å². The zero-order valence-corrected chi connectivity index (χ0v) is 19.5. The molecule has 162 valence electrons. The van der Waals surface area contributed by atoms with Crippen LogP contribution in [0.15, 0.2) is 82.2 Å². The number of benzene rings is 3. The molecule has 1 N–H and O–H groups in total. The summed E-state index contributed by atoms with van der Waals surface area (Å²) in [5.41, 5.74) is 1.95. The summed E-state index contributed by atoms with van der Waals surface area (Å²) in [6, 6.07) is 19.3. The van der Waals surface area contributed by atoms with E-state index in [2.05, 4.69) is 5.32 Å². The van der Waals surface area contributed by atoms with Gasteiger partial charge in [-0.05, 0) is 67.1 Å². The molecule has 0 saturated carbocycles. The van der Waals surface area contributed by atoms with Gasteiger partial charge >= 0.3 is 0 Å². The number of halogens is 2. The van der Waals surface area contributed by atoms with Gasteiger partial charge in [-0.3, -0.25) is 9.59 Å². The maximum Gasteiger partial charge on any atom is 0.283 e. The minimum absolute atomic E-state index is 0.175. The van der Waals surface area contributed by atoms with Gasteiger partial charge in [-0.2, -0.15) is 0 Å². The molecule has 3 aromatic rings. The summed E-state index contributed by atoms with van der Waals surface area (Å²) in [6.45, 7) is 1.80. The normalized spacial score (nSPS) is 13.7. The van der Waals surface area contributed by atoms with Crippen LogP contribution in [-0.4, -0.2) is 18.9 Å². The molecule has 0 unspecified atom stereocenters. The Balaban J connectivity index is 1.78. The Morgan fingerprint density at radius 1 is 0.906 bits per heavy atom. The molecule has 0 saturated heterocycles. The van der Waals surface area contributed by atoms with Crippen molar-refractivity contribution in [2.45, 2.75) is 11.8 Å². The molecule has 0 fully saturated rings. The molecule has 0 radical (unpaired) electrons. The van der Waals surface area contributed by atoms with Crippen molar-refractivity contribution in [3.8, 4) is 5.75 Å². The van der Waals surface area contributed by atoms with Crippen LogP contribution in [0.5, 0.6) is 5.75 Å². The summed E-state index contributed by atoms with van der Waals surface area (Å²) >= 11 is 13.3. The quantitative estimate of drug-likeness (QED) is 0.416. The third-order valence-corrected chi connectivity index (χ3v) is 6.42. The zero-order valence-electron chi connectivity index (χ0n) is 17.2. The van der Waals surface area contributed by atoms with Gasteiger partial charge in [0.1, 0.15) is 16.4 Å². The highest BCUT2D eigenvalue weighted by molar-refractivity contribution is 8.04. The van der Waals surface area contributed by atoms with Crippen LogP contribution in [-0.2, 0) is 9.59 Å². The minimum Gasteiger partial charge on any atom is -0.495 e. The van der Waals surface area contributed by atoms with E-state index in [4.69, 9.17) is 27.9 Å². The minimum atomic E-state index is -0.456. The van der Waals surface area contributed by atoms with E-state index < -0.39 is 11.8 Å². The van der Waals surface area contributed by atoms with Gasteiger partial charge < -0.3 is 10.1 Å². The molecule has 1 heterocycles. The lowest BCUT2D eigenvalue weighted by Crippen LogP contribution is -2.33. The maximum absolute atomic E-state index is 13.5.